The molecule has 2 atom stereocenters. The molecule has 2 heterocycles. The molecule has 8 heteroatoms. The molecule has 3 rings (SSSR count). The van der Waals surface area contributed by atoms with Crippen molar-refractivity contribution in [3.05, 3.63) is 53.3 Å². The maximum Gasteiger partial charge on any atom is 0.416 e. The normalized spacial score (nSPS) is 21.2. The van der Waals surface area contributed by atoms with Crippen LogP contribution in [0.2, 0.25) is 0 Å². The van der Waals surface area contributed by atoms with Crippen LogP contribution >= 0.6 is 0 Å². The molecule has 24 heavy (non-hydrogen) atoms. The average molecular weight is 339 g/mol. The number of hydrogen-bond donors (Lipinski definition) is 2. The van der Waals surface area contributed by atoms with Gasteiger partial charge in [-0.15, -0.1) is 0 Å². The lowest BCUT2D eigenvalue weighted by molar-refractivity contribution is -0.140. The van der Waals surface area contributed by atoms with Gasteiger partial charge in [0, 0.05) is 18.4 Å². The minimum Gasteiger partial charge on any atom is -0.391 e. The standard InChI is InChI=1S/C16H16F3N3O2/c17-16(18,19)13-4-2-1-3-12(13)14-8-11(23)9-22(14)15(24)7-10-5-6-20-21-10/h1-6,11,14,23H,7-9H2,(H,20,21)/t11-,14-/m1/s1. The second kappa shape index (κ2) is 6.27. The first-order valence-electron chi connectivity index (χ1n) is 7.48. The SMILES string of the molecule is O=C(Cc1ccn[nH]1)N1C[C@H](O)C[C@@H]1c1ccccc1C(F)(F)F. The van der Waals surface area contributed by atoms with Crippen LogP contribution in [0.25, 0.3) is 0 Å². The van der Waals surface area contributed by atoms with Gasteiger partial charge in [-0.05, 0) is 24.1 Å². The summed E-state index contributed by atoms with van der Waals surface area (Å²) in [5.74, 6) is -0.349. The number of hydrogen-bond acceptors (Lipinski definition) is 3. The maximum absolute atomic E-state index is 13.3. The summed E-state index contributed by atoms with van der Waals surface area (Å²) in [6, 6.07) is 6.01. The number of aliphatic hydroxyl groups excluding tert-OH is 1. The first-order chi connectivity index (χ1) is 11.4. The van der Waals surface area contributed by atoms with Crippen molar-refractivity contribution < 1.29 is 23.1 Å². The lowest BCUT2D eigenvalue weighted by atomic mass is 9.97. The lowest BCUT2D eigenvalue weighted by Gasteiger charge is -2.27. The Morgan fingerprint density at radius 1 is 1.33 bits per heavy atom. The number of likely N-dealkylation sites (tertiary alicyclic amines) is 1. The van der Waals surface area contributed by atoms with Crippen LogP contribution in [0.1, 0.15) is 29.3 Å². The van der Waals surface area contributed by atoms with Crippen molar-refractivity contribution in [2.75, 3.05) is 6.54 Å². The quantitative estimate of drug-likeness (QED) is 0.902. The zero-order valence-electron chi connectivity index (χ0n) is 12.6. The van der Waals surface area contributed by atoms with Crippen molar-refractivity contribution in [3.8, 4) is 0 Å². The Hall–Kier alpha value is -2.35. The monoisotopic (exact) mass is 339 g/mol. The number of halogens is 3. The fourth-order valence-corrected chi connectivity index (χ4v) is 3.08. The van der Waals surface area contributed by atoms with Gasteiger partial charge in [0.05, 0.1) is 24.1 Å². The third kappa shape index (κ3) is 3.28. The molecule has 1 aliphatic rings. The number of aromatic amines is 1. The number of carbonyl (C=O) groups excluding carboxylic acids is 1. The maximum atomic E-state index is 13.3. The van der Waals surface area contributed by atoms with Gasteiger partial charge in [-0.25, -0.2) is 0 Å². The molecule has 0 saturated carbocycles. The Bertz CT molecular complexity index is 716. The van der Waals surface area contributed by atoms with E-state index in [1.54, 1.807) is 6.07 Å². The summed E-state index contributed by atoms with van der Waals surface area (Å²) in [7, 11) is 0. The molecule has 1 aromatic heterocycles. The molecule has 1 saturated heterocycles. The van der Waals surface area contributed by atoms with Crippen LogP contribution in [0.3, 0.4) is 0 Å². The number of nitrogens with one attached hydrogen (secondary N) is 1. The van der Waals surface area contributed by atoms with Gasteiger partial charge in [0.25, 0.3) is 0 Å². The number of aliphatic hydroxyl groups is 1. The molecule has 0 spiro atoms. The third-order valence-corrected chi connectivity index (χ3v) is 4.12. The predicted octanol–water partition coefficient (Wildman–Crippen LogP) is 2.31. The van der Waals surface area contributed by atoms with Crippen LogP contribution in [0.4, 0.5) is 13.2 Å². The van der Waals surface area contributed by atoms with Gasteiger partial charge in [0.15, 0.2) is 0 Å². The van der Waals surface area contributed by atoms with Crippen molar-refractivity contribution >= 4 is 5.91 Å². The minimum atomic E-state index is -4.51. The van der Waals surface area contributed by atoms with Crippen LogP contribution in [0.15, 0.2) is 36.5 Å². The molecule has 1 amide bonds. The van der Waals surface area contributed by atoms with E-state index in [4.69, 9.17) is 0 Å². The molecule has 1 aromatic carbocycles. The second-order valence-electron chi connectivity index (χ2n) is 5.80. The fourth-order valence-electron chi connectivity index (χ4n) is 3.08. The molecule has 0 radical (unpaired) electrons. The van der Waals surface area contributed by atoms with Gasteiger partial charge < -0.3 is 10.0 Å². The zero-order valence-corrected chi connectivity index (χ0v) is 12.6. The molecule has 5 nitrogen and oxygen atoms in total. The van der Waals surface area contributed by atoms with Gasteiger partial charge in [0.2, 0.25) is 5.91 Å². The van der Waals surface area contributed by atoms with E-state index in [0.29, 0.717) is 5.69 Å². The number of rotatable bonds is 3. The molecule has 128 valence electrons. The summed E-state index contributed by atoms with van der Waals surface area (Å²) >= 11 is 0. The first kappa shape index (κ1) is 16.5. The lowest BCUT2D eigenvalue weighted by Crippen LogP contribution is -2.33. The first-order valence-corrected chi connectivity index (χ1v) is 7.48. The van der Waals surface area contributed by atoms with Gasteiger partial charge >= 0.3 is 6.18 Å². The summed E-state index contributed by atoms with van der Waals surface area (Å²) in [6.45, 7) is 0.0177. The number of amides is 1. The highest BCUT2D eigenvalue weighted by Gasteiger charge is 2.41. The van der Waals surface area contributed by atoms with Gasteiger partial charge in [-0.3, -0.25) is 9.89 Å². The van der Waals surface area contributed by atoms with E-state index in [9.17, 15) is 23.1 Å². The minimum absolute atomic E-state index is 0.00257. The van der Waals surface area contributed by atoms with E-state index < -0.39 is 23.9 Å². The van der Waals surface area contributed by atoms with E-state index >= 15 is 0 Å². The number of aromatic nitrogens is 2. The fraction of sp³-hybridized carbons (Fsp3) is 0.375. The molecule has 0 unspecified atom stereocenters. The summed E-state index contributed by atoms with van der Waals surface area (Å²) < 4.78 is 39.8. The van der Waals surface area contributed by atoms with Crippen LogP contribution in [-0.4, -0.2) is 38.8 Å². The van der Waals surface area contributed by atoms with Gasteiger partial charge in [-0.2, -0.15) is 18.3 Å². The molecular weight excluding hydrogens is 323 g/mol. The largest absolute Gasteiger partial charge is 0.416 e. The van der Waals surface area contributed by atoms with Crippen molar-refractivity contribution in [1.82, 2.24) is 15.1 Å². The second-order valence-corrected chi connectivity index (χ2v) is 5.80. The topological polar surface area (TPSA) is 69.2 Å². The summed E-state index contributed by atoms with van der Waals surface area (Å²) in [4.78, 5) is 13.8. The van der Waals surface area contributed by atoms with Gasteiger partial charge in [-0.1, -0.05) is 18.2 Å². The van der Waals surface area contributed by atoms with Crippen LogP contribution in [-0.2, 0) is 17.4 Å². The highest BCUT2D eigenvalue weighted by Crippen LogP contribution is 2.40. The number of nitrogens with zero attached hydrogens (tertiary/aromatic N) is 2. The highest BCUT2D eigenvalue weighted by molar-refractivity contribution is 5.79. The van der Waals surface area contributed by atoms with E-state index in [1.807, 2.05) is 0 Å². The number of β-amino-alcohol motifs (C(OH)–C–C–N with tert-alkyl or cyclic N) is 1. The molecule has 0 aliphatic carbocycles. The van der Waals surface area contributed by atoms with E-state index in [1.165, 1.54) is 29.3 Å². The van der Waals surface area contributed by atoms with Crippen LogP contribution < -0.4 is 0 Å². The average Bonchev–Trinajstić information content (AvgIpc) is 3.15. The predicted molar refractivity (Wildman–Crippen MR) is 78.8 cm³/mol. The number of carbonyl (C=O) groups is 1. The molecule has 2 aromatic rings. The van der Waals surface area contributed by atoms with Crippen molar-refractivity contribution in [2.24, 2.45) is 0 Å². The Morgan fingerprint density at radius 2 is 2.08 bits per heavy atom. The Balaban J connectivity index is 1.90. The van der Waals surface area contributed by atoms with E-state index in [-0.39, 0.29) is 30.9 Å². The van der Waals surface area contributed by atoms with Crippen molar-refractivity contribution in [2.45, 2.75) is 31.2 Å². The zero-order chi connectivity index (χ0) is 17.3. The molecular formula is C16H16F3N3O2. The van der Waals surface area contributed by atoms with E-state index in [0.717, 1.165) is 6.07 Å². The summed E-state index contributed by atoms with van der Waals surface area (Å²) in [6.07, 6.45) is -3.78. The van der Waals surface area contributed by atoms with E-state index in [2.05, 4.69) is 10.2 Å². The summed E-state index contributed by atoms with van der Waals surface area (Å²) in [5, 5.41) is 16.3. The smallest absolute Gasteiger partial charge is 0.391 e. The Labute approximate surface area is 136 Å². The molecule has 0 bridgehead atoms. The number of benzene rings is 1. The summed E-state index contributed by atoms with van der Waals surface area (Å²) in [5.41, 5.74) is -0.188. The number of H-pyrrole nitrogens is 1. The van der Waals surface area contributed by atoms with Crippen molar-refractivity contribution in [1.29, 1.82) is 0 Å². The molecule has 1 aliphatic heterocycles. The Kier molecular flexibility index (Phi) is 4.31. The molecule has 1 fully saturated rings. The van der Waals surface area contributed by atoms with Crippen LogP contribution in [0, 0.1) is 0 Å². The number of alkyl halides is 3. The van der Waals surface area contributed by atoms with Crippen LogP contribution in [0.5, 0.6) is 0 Å². The highest BCUT2D eigenvalue weighted by atomic mass is 19.4. The Morgan fingerprint density at radius 3 is 2.75 bits per heavy atom. The van der Waals surface area contributed by atoms with Gasteiger partial charge in [0.1, 0.15) is 0 Å². The molecule has 2 N–H and O–H groups in total. The third-order valence-electron chi connectivity index (χ3n) is 4.12. The van der Waals surface area contributed by atoms with Crippen molar-refractivity contribution in [3.63, 3.8) is 0 Å².